The number of carbonyl (C=O) groups is 1. The van der Waals surface area contributed by atoms with E-state index < -0.39 is 0 Å². The van der Waals surface area contributed by atoms with E-state index in [-0.39, 0.29) is 9.74 Å². The zero-order chi connectivity index (χ0) is 18.2. The van der Waals surface area contributed by atoms with Crippen molar-refractivity contribution in [2.45, 2.75) is 55.7 Å². The van der Waals surface area contributed by atoms with E-state index in [2.05, 4.69) is 21.2 Å². The van der Waals surface area contributed by atoms with Gasteiger partial charge in [0.05, 0.1) is 12.0 Å². The maximum absolute atomic E-state index is 12.9. The molecule has 1 amide bonds. The molecule has 142 valence electrons. The molecule has 0 heterocycles. The van der Waals surface area contributed by atoms with Crippen molar-refractivity contribution in [1.29, 1.82) is 0 Å². The first-order valence-electron chi connectivity index (χ1n) is 9.82. The van der Waals surface area contributed by atoms with Gasteiger partial charge in [0.2, 0.25) is 5.91 Å². The molecule has 0 aromatic heterocycles. The number of rotatable bonds is 7. The lowest BCUT2D eigenvalue weighted by atomic mass is 9.49. The number of halogens is 2. The van der Waals surface area contributed by atoms with Crippen molar-refractivity contribution in [2.75, 3.05) is 13.2 Å². The maximum Gasteiger partial charge on any atom is 0.226 e. The van der Waals surface area contributed by atoms with Crippen molar-refractivity contribution < 1.29 is 9.53 Å². The van der Waals surface area contributed by atoms with Gasteiger partial charge in [0.15, 0.2) is 0 Å². The Morgan fingerprint density at radius 3 is 2.50 bits per heavy atom. The average molecular weight is 441 g/mol. The van der Waals surface area contributed by atoms with Crippen LogP contribution in [0.5, 0.6) is 5.75 Å². The van der Waals surface area contributed by atoms with Gasteiger partial charge < -0.3 is 10.1 Å². The minimum Gasteiger partial charge on any atom is -0.494 e. The second-order valence-corrected chi connectivity index (χ2v) is 10.8. The lowest BCUT2D eigenvalue weighted by molar-refractivity contribution is -0.144. The fourth-order valence-corrected chi connectivity index (χ4v) is 7.33. The highest BCUT2D eigenvalue weighted by atomic mass is 79.9. The molecule has 3 nitrogen and oxygen atoms in total. The molecule has 0 aliphatic heterocycles. The Morgan fingerprint density at radius 2 is 1.85 bits per heavy atom. The summed E-state index contributed by atoms with van der Waals surface area (Å²) in [4.78, 5) is 12.9. The average Bonchev–Trinajstić information content (AvgIpc) is 2.57. The summed E-state index contributed by atoms with van der Waals surface area (Å²) in [6.45, 7) is 1.41. The van der Waals surface area contributed by atoms with Crippen molar-refractivity contribution >= 4 is 33.4 Å². The molecule has 4 saturated carbocycles. The van der Waals surface area contributed by atoms with Crippen LogP contribution in [0, 0.1) is 17.3 Å². The van der Waals surface area contributed by atoms with Crippen LogP contribution in [-0.4, -0.2) is 23.4 Å². The third-order valence-electron chi connectivity index (χ3n) is 6.41. The maximum atomic E-state index is 12.9. The Hall–Kier alpha value is -0.740. The van der Waals surface area contributed by atoms with Gasteiger partial charge in [-0.05, 0) is 87.5 Å². The van der Waals surface area contributed by atoms with Crippen LogP contribution in [0.2, 0.25) is 5.02 Å². The number of benzene rings is 1. The SMILES string of the molecule is O=C(NCCCCOc1ccc(Cl)cc1)C12CC3CC(CC(Br)(C3)C1)C2. The zero-order valence-corrected chi connectivity index (χ0v) is 17.4. The first-order chi connectivity index (χ1) is 12.5. The zero-order valence-electron chi connectivity index (χ0n) is 15.1. The second kappa shape index (κ2) is 7.35. The van der Waals surface area contributed by atoms with Gasteiger partial charge in [-0.2, -0.15) is 0 Å². The lowest BCUT2D eigenvalue weighted by Gasteiger charge is -2.59. The van der Waals surface area contributed by atoms with Crippen LogP contribution >= 0.6 is 27.5 Å². The molecule has 0 saturated heterocycles. The Labute approximate surface area is 169 Å². The Balaban J connectivity index is 1.19. The van der Waals surface area contributed by atoms with Gasteiger partial charge in [0.1, 0.15) is 5.75 Å². The fraction of sp³-hybridized carbons (Fsp3) is 0.667. The molecular weight excluding hydrogens is 414 g/mol. The van der Waals surface area contributed by atoms with Crippen LogP contribution in [0.15, 0.2) is 24.3 Å². The molecule has 1 aromatic carbocycles. The molecule has 26 heavy (non-hydrogen) atoms. The molecule has 2 unspecified atom stereocenters. The molecule has 5 heteroatoms. The molecule has 4 aliphatic rings. The van der Waals surface area contributed by atoms with E-state index in [4.69, 9.17) is 16.3 Å². The van der Waals surface area contributed by atoms with Gasteiger partial charge in [-0.1, -0.05) is 27.5 Å². The van der Waals surface area contributed by atoms with Crippen LogP contribution in [0.25, 0.3) is 0 Å². The van der Waals surface area contributed by atoms with Crippen molar-refractivity contribution in [3.63, 3.8) is 0 Å². The standard InChI is InChI=1S/C21H27BrClNO2/c22-21-12-15-9-16(13-21)11-20(10-15,14-21)19(25)24-7-1-2-8-26-18-5-3-17(23)4-6-18/h3-6,15-16H,1-2,7-14H2,(H,24,25). The molecular formula is C21H27BrClNO2. The van der Waals surface area contributed by atoms with E-state index in [1.165, 1.54) is 19.3 Å². The number of nitrogens with one attached hydrogen (secondary N) is 1. The number of hydrogen-bond donors (Lipinski definition) is 1. The van der Waals surface area contributed by atoms with Crippen LogP contribution in [0.4, 0.5) is 0 Å². The van der Waals surface area contributed by atoms with E-state index in [1.807, 2.05) is 24.3 Å². The van der Waals surface area contributed by atoms with E-state index in [9.17, 15) is 4.79 Å². The smallest absolute Gasteiger partial charge is 0.226 e. The molecule has 0 radical (unpaired) electrons. The molecule has 1 aromatic rings. The summed E-state index contributed by atoms with van der Waals surface area (Å²) in [5.74, 6) is 2.63. The third-order valence-corrected chi connectivity index (χ3v) is 7.59. The van der Waals surface area contributed by atoms with Gasteiger partial charge in [0.25, 0.3) is 0 Å². The normalized spacial score (nSPS) is 34.7. The number of alkyl halides is 1. The Kier molecular flexibility index (Phi) is 5.26. The van der Waals surface area contributed by atoms with E-state index >= 15 is 0 Å². The summed E-state index contributed by atoms with van der Waals surface area (Å²) in [7, 11) is 0. The highest BCUT2D eigenvalue weighted by Crippen LogP contribution is 2.64. The summed E-state index contributed by atoms with van der Waals surface area (Å²) >= 11 is 9.85. The summed E-state index contributed by atoms with van der Waals surface area (Å²) in [5.41, 5.74) is -0.104. The summed E-state index contributed by atoms with van der Waals surface area (Å²) in [6, 6.07) is 7.43. The van der Waals surface area contributed by atoms with Crippen molar-refractivity contribution in [3.8, 4) is 5.75 Å². The quantitative estimate of drug-likeness (QED) is 0.458. The summed E-state index contributed by atoms with van der Waals surface area (Å²) < 4.78 is 5.94. The van der Waals surface area contributed by atoms with E-state index in [1.54, 1.807) is 0 Å². The molecule has 2 atom stereocenters. The van der Waals surface area contributed by atoms with Gasteiger partial charge in [-0.25, -0.2) is 0 Å². The first-order valence-corrected chi connectivity index (χ1v) is 11.0. The summed E-state index contributed by atoms with van der Waals surface area (Å²) in [6.07, 6.45) is 8.97. The number of hydrogen-bond acceptors (Lipinski definition) is 2. The van der Waals surface area contributed by atoms with E-state index in [0.29, 0.717) is 12.5 Å². The largest absolute Gasteiger partial charge is 0.494 e. The highest BCUT2D eigenvalue weighted by molar-refractivity contribution is 9.10. The minimum absolute atomic E-state index is 0.104. The number of amides is 1. The van der Waals surface area contributed by atoms with E-state index in [0.717, 1.165) is 61.3 Å². The van der Waals surface area contributed by atoms with Gasteiger partial charge in [-0.15, -0.1) is 0 Å². The predicted octanol–water partition coefficient (Wildman–Crippen LogP) is 5.35. The van der Waals surface area contributed by atoms with Crippen LogP contribution in [0.3, 0.4) is 0 Å². The van der Waals surface area contributed by atoms with Gasteiger partial charge in [0, 0.05) is 15.9 Å². The fourth-order valence-electron chi connectivity index (χ4n) is 5.75. The van der Waals surface area contributed by atoms with Gasteiger partial charge in [-0.3, -0.25) is 4.79 Å². The van der Waals surface area contributed by atoms with Crippen LogP contribution < -0.4 is 10.1 Å². The molecule has 0 spiro atoms. The summed E-state index contributed by atoms with van der Waals surface area (Å²) in [5, 5.41) is 3.95. The molecule has 4 aliphatic carbocycles. The van der Waals surface area contributed by atoms with Crippen molar-refractivity contribution in [1.82, 2.24) is 5.32 Å². The first kappa shape index (κ1) is 18.6. The number of carbonyl (C=O) groups excluding carboxylic acids is 1. The monoisotopic (exact) mass is 439 g/mol. The predicted molar refractivity (Wildman–Crippen MR) is 108 cm³/mol. The topological polar surface area (TPSA) is 38.3 Å². The molecule has 5 rings (SSSR count). The Bertz CT molecular complexity index is 648. The number of ether oxygens (including phenoxy) is 1. The van der Waals surface area contributed by atoms with Crippen LogP contribution in [-0.2, 0) is 4.79 Å². The number of unbranched alkanes of at least 4 members (excludes halogenated alkanes) is 1. The molecule has 4 bridgehead atoms. The molecule has 1 N–H and O–H groups in total. The molecule has 4 fully saturated rings. The highest BCUT2D eigenvalue weighted by Gasteiger charge is 2.59. The van der Waals surface area contributed by atoms with Crippen molar-refractivity contribution in [2.24, 2.45) is 17.3 Å². The Morgan fingerprint density at radius 1 is 1.15 bits per heavy atom. The van der Waals surface area contributed by atoms with Crippen LogP contribution in [0.1, 0.15) is 51.4 Å². The minimum atomic E-state index is -0.104. The second-order valence-electron chi connectivity index (χ2n) is 8.66. The lowest BCUT2D eigenvalue weighted by Crippen LogP contribution is -2.58. The van der Waals surface area contributed by atoms with Gasteiger partial charge >= 0.3 is 0 Å². The third kappa shape index (κ3) is 3.91. The van der Waals surface area contributed by atoms with Crippen molar-refractivity contribution in [3.05, 3.63) is 29.3 Å².